The smallest absolute Gasteiger partial charge is 0.228 e. The van der Waals surface area contributed by atoms with Crippen LogP contribution in [0.25, 0.3) is 0 Å². The molecule has 2 aromatic heterocycles. The highest BCUT2D eigenvalue weighted by Crippen LogP contribution is 2.48. The van der Waals surface area contributed by atoms with Crippen LogP contribution in [0.1, 0.15) is 41.7 Å². The summed E-state index contributed by atoms with van der Waals surface area (Å²) in [4.78, 5) is 32.9. The Morgan fingerprint density at radius 2 is 2.24 bits per heavy atom. The Morgan fingerprint density at radius 1 is 1.35 bits per heavy atom. The fourth-order valence-electron chi connectivity index (χ4n) is 5.03. The third kappa shape index (κ3) is 4.67. The van der Waals surface area contributed by atoms with E-state index >= 15 is 0 Å². The number of hydrogen-bond donors (Lipinski definition) is 2. The number of ether oxygens (including phenoxy) is 1. The van der Waals surface area contributed by atoms with Crippen LogP contribution < -0.4 is 11.1 Å². The van der Waals surface area contributed by atoms with Crippen LogP contribution in [0, 0.1) is 11.8 Å². The van der Waals surface area contributed by atoms with Gasteiger partial charge < -0.3 is 25.3 Å². The minimum absolute atomic E-state index is 0.00783. The summed E-state index contributed by atoms with van der Waals surface area (Å²) < 4.78 is 7.28. The average Bonchev–Trinajstić information content (AvgIpc) is 3.35. The first-order valence-electron chi connectivity index (χ1n) is 11.9. The molecule has 180 valence electrons. The van der Waals surface area contributed by atoms with Gasteiger partial charge in [-0.1, -0.05) is 5.57 Å². The van der Waals surface area contributed by atoms with E-state index in [9.17, 15) is 9.59 Å². The number of anilines is 1. The third-order valence-electron chi connectivity index (χ3n) is 7.05. The number of hydrogen-bond acceptors (Lipinski definition) is 6. The Hall–Kier alpha value is -2.91. The van der Waals surface area contributed by atoms with Gasteiger partial charge in [0.1, 0.15) is 10.8 Å². The van der Waals surface area contributed by atoms with Crippen molar-refractivity contribution in [1.82, 2.24) is 14.5 Å². The molecule has 3 heterocycles. The number of nitrogens with two attached hydrogens (primary N) is 1. The predicted molar refractivity (Wildman–Crippen MR) is 131 cm³/mol. The second kappa shape index (κ2) is 9.76. The number of amides is 2. The molecule has 3 aliphatic rings. The Kier molecular flexibility index (Phi) is 6.56. The van der Waals surface area contributed by atoms with Crippen LogP contribution >= 0.6 is 11.3 Å². The number of rotatable bonds is 8. The third-order valence-corrected chi connectivity index (χ3v) is 8.22. The molecule has 2 amide bonds. The number of imidazole rings is 1. The average molecular weight is 482 g/mol. The molecule has 1 aliphatic heterocycles. The van der Waals surface area contributed by atoms with Crippen molar-refractivity contribution in [2.75, 3.05) is 19.0 Å². The summed E-state index contributed by atoms with van der Waals surface area (Å²) in [5.74, 6) is 1.42. The van der Waals surface area contributed by atoms with E-state index in [0.717, 1.165) is 46.9 Å². The normalized spacial score (nSPS) is 21.4. The highest BCUT2D eigenvalue weighted by atomic mass is 32.1. The summed E-state index contributed by atoms with van der Waals surface area (Å²) in [5, 5.41) is 4.03. The largest absolute Gasteiger partial charge is 0.497 e. The molecule has 2 aromatic rings. The van der Waals surface area contributed by atoms with Gasteiger partial charge in [-0.2, -0.15) is 0 Å². The molecule has 0 bridgehead atoms. The van der Waals surface area contributed by atoms with E-state index in [-0.39, 0.29) is 17.7 Å². The van der Waals surface area contributed by atoms with Crippen LogP contribution in [-0.2, 0) is 40.4 Å². The first kappa shape index (κ1) is 22.9. The lowest BCUT2D eigenvalue weighted by Crippen LogP contribution is -2.36. The molecule has 0 saturated heterocycles. The molecule has 8 nitrogen and oxygen atoms in total. The molecule has 3 N–H and O–H groups in total. The number of aromatic nitrogens is 2. The summed E-state index contributed by atoms with van der Waals surface area (Å²) in [6.45, 7) is 2.28. The van der Waals surface area contributed by atoms with Gasteiger partial charge in [0, 0.05) is 54.8 Å². The van der Waals surface area contributed by atoms with Crippen molar-refractivity contribution >= 4 is 28.2 Å². The Balaban J connectivity index is 1.22. The number of carbonyl (C=O) groups excluding carboxylic acids is 2. The van der Waals surface area contributed by atoms with Gasteiger partial charge in [0.05, 0.1) is 20.0 Å². The van der Waals surface area contributed by atoms with E-state index < -0.39 is 0 Å². The molecule has 0 spiro atoms. The summed E-state index contributed by atoms with van der Waals surface area (Å²) in [5.41, 5.74) is 9.64. The molecule has 0 aromatic carbocycles. The van der Waals surface area contributed by atoms with Gasteiger partial charge in [-0.25, -0.2) is 4.98 Å². The van der Waals surface area contributed by atoms with Gasteiger partial charge in [0.2, 0.25) is 11.8 Å². The Morgan fingerprint density at radius 3 is 3.00 bits per heavy atom. The van der Waals surface area contributed by atoms with E-state index in [2.05, 4.69) is 22.5 Å². The fraction of sp³-hybridized carbons (Fsp3) is 0.480. The standard InChI is InChI=1S/C25H31N5O3S/c1-33-17-4-2-3-16(11-17)19-12-20(19)24(32)28-25-21(13-26)18-5-9-30(14-22(18)34-25)23(31)6-8-29-10-7-27-15-29/h4,7,10-11,15,19-20H,2-3,5-6,8-9,12-14,26H2,1H3,(H,28,32). The van der Waals surface area contributed by atoms with Gasteiger partial charge >= 0.3 is 0 Å². The Labute approximate surface area is 203 Å². The second-order valence-corrected chi connectivity index (χ2v) is 10.2. The summed E-state index contributed by atoms with van der Waals surface area (Å²) in [6, 6.07) is 0. The minimum Gasteiger partial charge on any atom is -0.497 e. The van der Waals surface area contributed by atoms with E-state index in [1.54, 1.807) is 31.0 Å². The fourth-order valence-corrected chi connectivity index (χ4v) is 6.33. The number of allylic oxidation sites excluding steroid dienone is 3. The SMILES string of the molecule is COC1=CCCC(C2CC2C(=O)Nc2sc3c(c2CN)CCN(C(=O)CCn2ccnc2)C3)=C1. The molecular formula is C25H31N5O3S. The molecule has 9 heteroatoms. The van der Waals surface area contributed by atoms with E-state index in [1.165, 1.54) is 11.1 Å². The molecule has 1 saturated carbocycles. The Bertz CT molecular complexity index is 1130. The van der Waals surface area contributed by atoms with Gasteiger partial charge in [-0.05, 0) is 49.3 Å². The predicted octanol–water partition coefficient (Wildman–Crippen LogP) is 3.20. The van der Waals surface area contributed by atoms with E-state index in [4.69, 9.17) is 10.5 Å². The topological polar surface area (TPSA) is 102 Å². The maximum atomic E-state index is 13.0. The monoisotopic (exact) mass is 481 g/mol. The van der Waals surface area contributed by atoms with Crippen LogP contribution in [0.3, 0.4) is 0 Å². The van der Waals surface area contributed by atoms with Crippen molar-refractivity contribution in [3.05, 3.63) is 58.2 Å². The van der Waals surface area contributed by atoms with Crippen LogP contribution in [0.4, 0.5) is 5.00 Å². The van der Waals surface area contributed by atoms with Gasteiger partial charge in [0.25, 0.3) is 0 Å². The van der Waals surface area contributed by atoms with Crippen molar-refractivity contribution in [3.8, 4) is 0 Å². The van der Waals surface area contributed by atoms with Crippen molar-refractivity contribution in [2.24, 2.45) is 17.6 Å². The van der Waals surface area contributed by atoms with Crippen molar-refractivity contribution in [2.45, 2.75) is 51.7 Å². The molecule has 2 unspecified atom stereocenters. The molecule has 5 rings (SSSR count). The first-order valence-corrected chi connectivity index (χ1v) is 12.7. The minimum atomic E-state index is 0.00783. The zero-order chi connectivity index (χ0) is 23.7. The van der Waals surface area contributed by atoms with Gasteiger partial charge in [-0.15, -0.1) is 11.3 Å². The molecule has 2 atom stereocenters. The first-order chi connectivity index (χ1) is 16.6. The highest BCUT2D eigenvalue weighted by Gasteiger charge is 2.45. The number of carbonyl (C=O) groups is 2. The number of aryl methyl sites for hydroxylation is 1. The lowest BCUT2D eigenvalue weighted by molar-refractivity contribution is -0.132. The molecule has 0 radical (unpaired) electrons. The quantitative estimate of drug-likeness (QED) is 0.603. The summed E-state index contributed by atoms with van der Waals surface area (Å²) >= 11 is 1.57. The molecule has 1 fully saturated rings. The van der Waals surface area contributed by atoms with Crippen molar-refractivity contribution < 1.29 is 14.3 Å². The molecule has 34 heavy (non-hydrogen) atoms. The van der Waals surface area contributed by atoms with Crippen molar-refractivity contribution in [1.29, 1.82) is 0 Å². The number of nitrogens with zero attached hydrogens (tertiary/aromatic N) is 3. The van der Waals surface area contributed by atoms with Crippen LogP contribution in [0.5, 0.6) is 0 Å². The number of methoxy groups -OCH3 is 1. The molecular weight excluding hydrogens is 450 g/mol. The molecule has 2 aliphatic carbocycles. The summed E-state index contributed by atoms with van der Waals surface area (Å²) in [7, 11) is 1.68. The zero-order valence-electron chi connectivity index (χ0n) is 19.5. The van der Waals surface area contributed by atoms with Crippen LogP contribution in [-0.4, -0.2) is 39.9 Å². The van der Waals surface area contributed by atoms with Crippen LogP contribution in [0.2, 0.25) is 0 Å². The van der Waals surface area contributed by atoms with E-state index in [0.29, 0.717) is 38.5 Å². The zero-order valence-corrected chi connectivity index (χ0v) is 20.3. The highest BCUT2D eigenvalue weighted by molar-refractivity contribution is 7.16. The van der Waals surface area contributed by atoms with E-state index in [1.807, 2.05) is 15.7 Å². The maximum absolute atomic E-state index is 13.0. The lowest BCUT2D eigenvalue weighted by Gasteiger charge is -2.27. The summed E-state index contributed by atoms with van der Waals surface area (Å²) in [6.07, 6.45) is 13.6. The van der Waals surface area contributed by atoms with Crippen LogP contribution in [0.15, 0.2) is 42.2 Å². The number of fused-ring (bicyclic) bond motifs is 1. The number of thiophene rings is 1. The van der Waals surface area contributed by atoms with Crippen molar-refractivity contribution in [3.63, 3.8) is 0 Å². The maximum Gasteiger partial charge on any atom is 0.228 e. The van der Waals surface area contributed by atoms with Gasteiger partial charge in [-0.3, -0.25) is 9.59 Å². The number of nitrogens with one attached hydrogen (secondary N) is 1. The second-order valence-electron chi connectivity index (χ2n) is 9.14. The lowest BCUT2D eigenvalue weighted by atomic mass is 9.98. The van der Waals surface area contributed by atoms with Gasteiger partial charge in [0.15, 0.2) is 0 Å².